The Morgan fingerprint density at radius 3 is 2.48 bits per heavy atom. The van der Waals surface area contributed by atoms with Gasteiger partial charge in [0, 0.05) is 13.1 Å². The third-order valence-corrected chi connectivity index (χ3v) is 8.42. The molecule has 13 nitrogen and oxygen atoms in total. The summed E-state index contributed by atoms with van der Waals surface area (Å²) in [7, 11) is -2.49. The number of carbonyl (C=O) groups is 1. The van der Waals surface area contributed by atoms with Gasteiger partial charge in [-0.05, 0) is 42.2 Å². The van der Waals surface area contributed by atoms with E-state index in [0.29, 0.717) is 5.75 Å². The minimum Gasteiger partial charge on any atom is -0.497 e. The highest BCUT2D eigenvalue weighted by atomic mass is 32.2. The van der Waals surface area contributed by atoms with Crippen molar-refractivity contribution in [2.75, 3.05) is 25.9 Å². The number of aromatic amines is 1. The number of nitrogens with zero attached hydrogens (tertiary/aromatic N) is 4. The second kappa shape index (κ2) is 13.1. The molecule has 2 aromatic carbocycles. The smallest absolute Gasteiger partial charge is 0.280 e. The molecule has 0 radical (unpaired) electrons. The van der Waals surface area contributed by atoms with Gasteiger partial charge in [0.05, 0.1) is 30.5 Å². The van der Waals surface area contributed by atoms with Crippen molar-refractivity contribution in [2.45, 2.75) is 43.9 Å². The van der Waals surface area contributed by atoms with Crippen molar-refractivity contribution in [3.63, 3.8) is 0 Å². The molecule has 2 heterocycles. The third kappa shape index (κ3) is 7.32. The number of nitrogens with two attached hydrogens (primary N) is 1. The second-order valence-corrected chi connectivity index (χ2v) is 12.3. The van der Waals surface area contributed by atoms with Crippen LogP contribution in [0, 0.1) is 5.92 Å². The molecule has 224 valence electrons. The molecular weight excluding hydrogens is 562 g/mol. The number of benzene rings is 2. The summed E-state index contributed by atoms with van der Waals surface area (Å²) < 4.78 is 35.0. The lowest BCUT2D eigenvalue weighted by Crippen LogP contribution is -2.51. The molecule has 2 atom stereocenters. The highest BCUT2D eigenvalue weighted by Crippen LogP contribution is 2.22. The lowest BCUT2D eigenvalue weighted by atomic mass is 10.0. The molecule has 4 rings (SSSR count). The van der Waals surface area contributed by atoms with E-state index in [2.05, 4.69) is 20.3 Å². The first-order valence-corrected chi connectivity index (χ1v) is 14.8. The number of fused-ring (bicyclic) bond motifs is 1. The number of hydrogen-bond donors (Lipinski definition) is 4. The number of aliphatic hydroxyl groups excluding tert-OH is 1. The number of amides is 1. The van der Waals surface area contributed by atoms with Crippen molar-refractivity contribution < 1.29 is 23.1 Å². The molecule has 4 aromatic rings. The second-order valence-electron chi connectivity index (χ2n) is 10.3. The van der Waals surface area contributed by atoms with Gasteiger partial charge in [0.2, 0.25) is 21.9 Å². The van der Waals surface area contributed by atoms with Crippen molar-refractivity contribution in [1.29, 1.82) is 0 Å². The van der Waals surface area contributed by atoms with Crippen LogP contribution in [0.15, 0.2) is 70.6 Å². The molecule has 0 unspecified atom stereocenters. The van der Waals surface area contributed by atoms with E-state index >= 15 is 0 Å². The Kier molecular flexibility index (Phi) is 9.60. The summed E-state index contributed by atoms with van der Waals surface area (Å²) in [6.07, 6.45) is 0.277. The number of aromatic nitrogens is 4. The molecular formula is C28H35N7O6S. The maximum Gasteiger partial charge on any atom is 0.280 e. The Morgan fingerprint density at radius 2 is 1.83 bits per heavy atom. The van der Waals surface area contributed by atoms with Gasteiger partial charge in [0.1, 0.15) is 12.3 Å². The summed E-state index contributed by atoms with van der Waals surface area (Å²) in [5.74, 6) is -0.133. The molecule has 1 amide bonds. The van der Waals surface area contributed by atoms with Crippen LogP contribution >= 0.6 is 0 Å². The number of hydrogen-bond acceptors (Lipinski definition) is 9. The number of nitrogens with one attached hydrogen (secondary N) is 2. The van der Waals surface area contributed by atoms with Crippen LogP contribution in [0.2, 0.25) is 0 Å². The highest BCUT2D eigenvalue weighted by molar-refractivity contribution is 7.89. The molecule has 42 heavy (non-hydrogen) atoms. The topological polar surface area (TPSA) is 186 Å². The quantitative estimate of drug-likeness (QED) is 0.175. The largest absolute Gasteiger partial charge is 0.497 e. The number of rotatable bonds is 13. The van der Waals surface area contributed by atoms with Crippen molar-refractivity contribution >= 4 is 33.0 Å². The van der Waals surface area contributed by atoms with E-state index in [1.165, 1.54) is 34.4 Å². The third-order valence-electron chi connectivity index (χ3n) is 6.57. The Morgan fingerprint density at radius 1 is 1.14 bits per heavy atom. The normalized spacial score (nSPS) is 13.4. The molecule has 0 aliphatic rings. The van der Waals surface area contributed by atoms with E-state index < -0.39 is 33.6 Å². The lowest BCUT2D eigenvalue weighted by molar-refractivity contribution is -0.123. The highest BCUT2D eigenvalue weighted by Gasteiger charge is 2.31. The number of methoxy groups -OCH3 is 1. The monoisotopic (exact) mass is 597 g/mol. The van der Waals surface area contributed by atoms with Crippen molar-refractivity contribution in [1.82, 2.24) is 29.1 Å². The van der Waals surface area contributed by atoms with Crippen LogP contribution in [-0.2, 0) is 27.8 Å². The summed E-state index contributed by atoms with van der Waals surface area (Å²) in [4.78, 5) is 35.8. The van der Waals surface area contributed by atoms with Crippen LogP contribution in [-0.4, -0.2) is 75.6 Å². The first-order valence-electron chi connectivity index (χ1n) is 13.3. The molecule has 0 spiro atoms. The number of imidazole rings is 1. The molecule has 0 saturated carbocycles. The SMILES string of the molecule is COc1ccc(S(=O)(=O)N(CC(C)C)C[C@@H](O)[C@H](Cc2ccccc2)NC(=O)Cn2cnc3c(=O)[nH]c(N)nc32)cc1. The van der Waals surface area contributed by atoms with Crippen LogP contribution in [0.25, 0.3) is 11.2 Å². The van der Waals surface area contributed by atoms with E-state index in [9.17, 15) is 23.1 Å². The number of anilines is 1. The number of ether oxygens (including phenoxy) is 1. The molecule has 0 aliphatic carbocycles. The fourth-order valence-corrected chi connectivity index (χ4v) is 6.18. The van der Waals surface area contributed by atoms with Crippen molar-refractivity contribution in [2.24, 2.45) is 5.92 Å². The Bertz CT molecular complexity index is 1670. The van der Waals surface area contributed by atoms with Crippen LogP contribution in [0.4, 0.5) is 5.95 Å². The van der Waals surface area contributed by atoms with Gasteiger partial charge in [-0.15, -0.1) is 0 Å². The lowest BCUT2D eigenvalue weighted by Gasteiger charge is -2.31. The maximum atomic E-state index is 13.6. The Labute approximate surface area is 243 Å². The van der Waals surface area contributed by atoms with Gasteiger partial charge in [-0.3, -0.25) is 14.6 Å². The van der Waals surface area contributed by atoms with E-state index in [4.69, 9.17) is 10.5 Å². The predicted molar refractivity (Wildman–Crippen MR) is 157 cm³/mol. The molecule has 0 bridgehead atoms. The fraction of sp³-hybridized carbons (Fsp3) is 0.357. The van der Waals surface area contributed by atoms with Crippen LogP contribution < -0.4 is 21.3 Å². The zero-order valence-electron chi connectivity index (χ0n) is 23.6. The minimum absolute atomic E-state index is 0.0333. The molecule has 2 aromatic heterocycles. The summed E-state index contributed by atoms with van der Waals surface area (Å²) in [5, 5.41) is 14.3. The number of carbonyl (C=O) groups excluding carboxylic acids is 1. The minimum atomic E-state index is -3.98. The summed E-state index contributed by atoms with van der Waals surface area (Å²) in [6.45, 7) is 3.40. The zero-order chi connectivity index (χ0) is 30.4. The molecule has 5 N–H and O–H groups in total. The van der Waals surface area contributed by atoms with E-state index in [-0.39, 0.29) is 54.0 Å². The van der Waals surface area contributed by atoms with Crippen molar-refractivity contribution in [3.8, 4) is 5.75 Å². The van der Waals surface area contributed by atoms with Gasteiger partial charge in [-0.25, -0.2) is 13.4 Å². The standard InChI is InChI=1S/C28H35N7O6S/c1-18(2)14-35(42(39,40)21-11-9-20(41-3)10-12-21)15-23(36)22(13-19-7-5-4-6-8-19)31-24(37)16-34-17-30-25-26(34)32-28(29)33-27(25)38/h4-12,17-18,22-23,36H,13-16H2,1-3H3,(H,31,37)(H3,29,32,33,38)/t22-,23+/m0/s1. The zero-order valence-corrected chi connectivity index (χ0v) is 24.4. The Balaban J connectivity index is 1.58. The number of H-pyrrole nitrogens is 1. The van der Waals surface area contributed by atoms with Crippen molar-refractivity contribution in [3.05, 3.63) is 76.8 Å². The maximum absolute atomic E-state index is 13.6. The van der Waals surface area contributed by atoms with Gasteiger partial charge in [-0.1, -0.05) is 44.2 Å². The molecule has 0 aliphatic heterocycles. The average molecular weight is 598 g/mol. The molecule has 0 fully saturated rings. The van der Waals surface area contributed by atoms with Gasteiger partial charge >= 0.3 is 0 Å². The summed E-state index contributed by atoms with van der Waals surface area (Å²) in [6, 6.07) is 14.4. The molecule has 14 heteroatoms. The molecule has 0 saturated heterocycles. The Hall–Kier alpha value is -4.27. The van der Waals surface area contributed by atoms with Gasteiger partial charge in [0.25, 0.3) is 5.56 Å². The van der Waals surface area contributed by atoms with Gasteiger partial charge in [-0.2, -0.15) is 9.29 Å². The van der Waals surface area contributed by atoms with Crippen LogP contribution in [0.3, 0.4) is 0 Å². The number of sulfonamides is 1. The number of aliphatic hydroxyl groups is 1. The van der Waals surface area contributed by atoms with Gasteiger partial charge < -0.3 is 25.5 Å². The summed E-state index contributed by atoms with van der Waals surface area (Å²) in [5.41, 5.74) is 6.14. The van der Waals surface area contributed by atoms with Gasteiger partial charge in [0.15, 0.2) is 11.2 Å². The fourth-order valence-electron chi connectivity index (χ4n) is 4.56. The van der Waals surface area contributed by atoms with E-state index in [1.807, 2.05) is 44.2 Å². The van der Waals surface area contributed by atoms with E-state index in [1.54, 1.807) is 12.1 Å². The average Bonchev–Trinajstić information content (AvgIpc) is 3.35. The number of nitrogen functional groups attached to an aromatic ring is 1. The first-order chi connectivity index (χ1) is 20.0. The van der Waals surface area contributed by atoms with Crippen LogP contribution in [0.5, 0.6) is 5.75 Å². The predicted octanol–water partition coefficient (Wildman–Crippen LogP) is 1.15. The van der Waals surface area contributed by atoms with E-state index in [0.717, 1.165) is 5.56 Å². The van der Waals surface area contributed by atoms with Crippen LogP contribution in [0.1, 0.15) is 19.4 Å². The summed E-state index contributed by atoms with van der Waals surface area (Å²) >= 11 is 0. The first kappa shape index (κ1) is 30.7.